The first-order valence-corrected chi connectivity index (χ1v) is 9.76. The van der Waals surface area contributed by atoms with Crippen molar-refractivity contribution in [3.05, 3.63) is 20.8 Å². The third-order valence-corrected chi connectivity index (χ3v) is 6.07. The van der Waals surface area contributed by atoms with Crippen LogP contribution >= 0.6 is 27.3 Å². The van der Waals surface area contributed by atoms with E-state index in [1.165, 1.54) is 4.88 Å². The summed E-state index contributed by atoms with van der Waals surface area (Å²) in [6, 6.07) is 2.05. The molecule has 1 aromatic rings. The molecule has 130 valence electrons. The van der Waals surface area contributed by atoms with E-state index in [2.05, 4.69) is 28.2 Å². The molecular formula is C17H26BrNO3S. The molecule has 0 saturated carbocycles. The van der Waals surface area contributed by atoms with E-state index in [9.17, 15) is 4.79 Å². The fourth-order valence-corrected chi connectivity index (χ4v) is 4.05. The van der Waals surface area contributed by atoms with E-state index in [4.69, 9.17) is 9.47 Å². The van der Waals surface area contributed by atoms with Crippen molar-refractivity contribution in [2.24, 2.45) is 0 Å². The molecule has 23 heavy (non-hydrogen) atoms. The molecule has 0 spiro atoms. The van der Waals surface area contributed by atoms with Gasteiger partial charge in [-0.25, -0.2) is 4.79 Å². The summed E-state index contributed by atoms with van der Waals surface area (Å²) in [5, 5.41) is 2.06. The van der Waals surface area contributed by atoms with Crippen LogP contribution in [0.5, 0.6) is 0 Å². The van der Waals surface area contributed by atoms with E-state index in [-0.39, 0.29) is 11.7 Å². The van der Waals surface area contributed by atoms with Gasteiger partial charge in [-0.3, -0.25) is 0 Å². The van der Waals surface area contributed by atoms with E-state index in [1.54, 1.807) is 16.2 Å². The second-order valence-corrected chi connectivity index (χ2v) is 8.84. The van der Waals surface area contributed by atoms with Crippen molar-refractivity contribution in [2.75, 3.05) is 13.1 Å². The standard InChI is InChI=1S/C17H26BrNO3S/c1-5-17(21-12-14-13(18)6-11-23-14)7-9-19(10-8-17)15(20)22-16(2,3)4/h6,11H,5,7-10,12H2,1-4H3. The Morgan fingerprint density at radius 3 is 2.52 bits per heavy atom. The second-order valence-electron chi connectivity index (χ2n) is 6.98. The minimum atomic E-state index is -0.446. The largest absolute Gasteiger partial charge is 0.444 e. The van der Waals surface area contributed by atoms with Gasteiger partial charge in [0.1, 0.15) is 5.60 Å². The van der Waals surface area contributed by atoms with Gasteiger partial charge < -0.3 is 14.4 Å². The highest BCUT2D eigenvalue weighted by Gasteiger charge is 2.36. The molecule has 1 aromatic heterocycles. The molecule has 4 nitrogen and oxygen atoms in total. The number of halogens is 1. The minimum Gasteiger partial charge on any atom is -0.444 e. The van der Waals surface area contributed by atoms with Crippen molar-refractivity contribution >= 4 is 33.4 Å². The Labute approximate surface area is 151 Å². The van der Waals surface area contributed by atoms with Gasteiger partial charge in [0.05, 0.1) is 12.2 Å². The van der Waals surface area contributed by atoms with Gasteiger partial charge in [-0.15, -0.1) is 11.3 Å². The summed E-state index contributed by atoms with van der Waals surface area (Å²) in [6.45, 7) is 9.85. The lowest BCUT2D eigenvalue weighted by molar-refractivity contribution is -0.0947. The fraction of sp³-hybridized carbons (Fsp3) is 0.706. The molecule has 1 aliphatic heterocycles. The Morgan fingerprint density at radius 2 is 2.04 bits per heavy atom. The summed E-state index contributed by atoms with van der Waals surface area (Å²) in [4.78, 5) is 15.2. The number of hydrogen-bond acceptors (Lipinski definition) is 4. The minimum absolute atomic E-state index is 0.137. The van der Waals surface area contributed by atoms with Gasteiger partial charge in [0, 0.05) is 22.4 Å². The van der Waals surface area contributed by atoms with E-state index in [0.29, 0.717) is 19.7 Å². The van der Waals surface area contributed by atoms with Crippen molar-refractivity contribution < 1.29 is 14.3 Å². The molecule has 0 atom stereocenters. The van der Waals surface area contributed by atoms with Gasteiger partial charge in [0.25, 0.3) is 0 Å². The molecule has 1 aliphatic rings. The molecule has 0 radical (unpaired) electrons. The Balaban J connectivity index is 1.89. The van der Waals surface area contributed by atoms with Crippen molar-refractivity contribution in [3.8, 4) is 0 Å². The van der Waals surface area contributed by atoms with Crippen molar-refractivity contribution in [3.63, 3.8) is 0 Å². The first-order chi connectivity index (χ1) is 10.7. The molecule has 2 rings (SSSR count). The summed E-state index contributed by atoms with van der Waals surface area (Å²) in [6.07, 6.45) is 2.44. The van der Waals surface area contributed by atoms with E-state index in [1.807, 2.05) is 26.8 Å². The maximum atomic E-state index is 12.2. The quantitative estimate of drug-likeness (QED) is 0.692. The monoisotopic (exact) mass is 403 g/mol. The lowest BCUT2D eigenvalue weighted by Crippen LogP contribution is -2.49. The molecule has 6 heteroatoms. The summed E-state index contributed by atoms with van der Waals surface area (Å²) in [5.74, 6) is 0. The lowest BCUT2D eigenvalue weighted by atomic mass is 9.88. The first kappa shape index (κ1) is 18.7. The Bertz CT molecular complexity index is 530. The molecule has 1 saturated heterocycles. The smallest absolute Gasteiger partial charge is 0.410 e. The van der Waals surface area contributed by atoms with Crippen LogP contribution < -0.4 is 0 Å². The number of thiophene rings is 1. The molecular weight excluding hydrogens is 378 g/mol. The number of amides is 1. The number of carbonyl (C=O) groups excluding carboxylic acids is 1. The number of carbonyl (C=O) groups is 1. The summed E-state index contributed by atoms with van der Waals surface area (Å²) in [5.41, 5.74) is -0.583. The maximum absolute atomic E-state index is 12.2. The third kappa shape index (κ3) is 5.19. The van der Waals surface area contributed by atoms with Crippen LogP contribution in [-0.4, -0.2) is 35.3 Å². The van der Waals surface area contributed by atoms with Crippen LogP contribution in [0.3, 0.4) is 0 Å². The molecule has 0 N–H and O–H groups in total. The van der Waals surface area contributed by atoms with E-state index >= 15 is 0 Å². The lowest BCUT2D eigenvalue weighted by Gasteiger charge is -2.41. The zero-order chi connectivity index (χ0) is 17.1. The third-order valence-electron chi connectivity index (χ3n) is 4.17. The highest BCUT2D eigenvalue weighted by molar-refractivity contribution is 9.10. The second kappa shape index (κ2) is 7.53. The Morgan fingerprint density at radius 1 is 1.39 bits per heavy atom. The Kier molecular flexibility index (Phi) is 6.14. The van der Waals surface area contributed by atoms with Gasteiger partial charge >= 0.3 is 6.09 Å². The first-order valence-electron chi connectivity index (χ1n) is 8.08. The van der Waals surface area contributed by atoms with Crippen molar-refractivity contribution in [1.82, 2.24) is 4.90 Å². The van der Waals surface area contributed by atoms with Crippen LogP contribution in [0.2, 0.25) is 0 Å². The van der Waals surface area contributed by atoms with Gasteiger partial charge in [0.15, 0.2) is 0 Å². The molecule has 0 unspecified atom stereocenters. The Hall–Kier alpha value is -0.590. The van der Waals surface area contributed by atoms with Crippen LogP contribution in [-0.2, 0) is 16.1 Å². The number of hydrogen-bond donors (Lipinski definition) is 0. The number of rotatable bonds is 4. The summed E-state index contributed by atoms with van der Waals surface area (Å²) in [7, 11) is 0. The fourth-order valence-electron chi connectivity index (χ4n) is 2.67. The highest BCUT2D eigenvalue weighted by Crippen LogP contribution is 2.33. The molecule has 0 aromatic carbocycles. The number of nitrogens with zero attached hydrogens (tertiary/aromatic N) is 1. The van der Waals surface area contributed by atoms with Gasteiger partial charge in [-0.2, -0.15) is 0 Å². The average molecular weight is 404 g/mol. The molecule has 1 amide bonds. The number of piperidine rings is 1. The van der Waals surface area contributed by atoms with E-state index < -0.39 is 5.60 Å². The van der Waals surface area contributed by atoms with Gasteiger partial charge in [-0.1, -0.05) is 6.92 Å². The summed E-state index contributed by atoms with van der Waals surface area (Å²) >= 11 is 5.25. The summed E-state index contributed by atoms with van der Waals surface area (Å²) < 4.78 is 12.8. The van der Waals surface area contributed by atoms with Gasteiger partial charge in [-0.05, 0) is 67.4 Å². The average Bonchev–Trinajstić information content (AvgIpc) is 2.89. The number of likely N-dealkylation sites (tertiary alicyclic amines) is 1. The zero-order valence-corrected chi connectivity index (χ0v) is 16.8. The van der Waals surface area contributed by atoms with Crippen molar-refractivity contribution in [1.29, 1.82) is 0 Å². The maximum Gasteiger partial charge on any atom is 0.410 e. The van der Waals surface area contributed by atoms with Gasteiger partial charge in [0.2, 0.25) is 0 Å². The van der Waals surface area contributed by atoms with Crippen LogP contribution in [0.4, 0.5) is 4.79 Å². The molecule has 0 bridgehead atoms. The molecule has 2 heterocycles. The van der Waals surface area contributed by atoms with Crippen molar-refractivity contribution in [2.45, 2.75) is 64.8 Å². The van der Waals surface area contributed by atoms with E-state index in [0.717, 1.165) is 23.7 Å². The molecule has 1 fully saturated rings. The SMILES string of the molecule is CCC1(OCc2sccc2Br)CCN(C(=O)OC(C)(C)C)CC1. The topological polar surface area (TPSA) is 38.8 Å². The van der Waals surface area contributed by atoms with Crippen LogP contribution in [0, 0.1) is 0 Å². The number of ether oxygens (including phenoxy) is 2. The highest BCUT2D eigenvalue weighted by atomic mass is 79.9. The predicted molar refractivity (Wildman–Crippen MR) is 96.9 cm³/mol. The predicted octanol–water partition coefficient (Wildman–Crippen LogP) is 5.21. The van der Waals surface area contributed by atoms with Crippen LogP contribution in [0.1, 0.15) is 51.8 Å². The normalized spacial score (nSPS) is 18.0. The zero-order valence-electron chi connectivity index (χ0n) is 14.4. The van der Waals surface area contributed by atoms with Crippen LogP contribution in [0.15, 0.2) is 15.9 Å². The molecule has 0 aliphatic carbocycles. The van der Waals surface area contributed by atoms with Crippen LogP contribution in [0.25, 0.3) is 0 Å².